The van der Waals surface area contributed by atoms with Crippen LogP contribution < -0.4 is 5.32 Å². The molecule has 3 nitrogen and oxygen atoms in total. The molecular weight excluding hydrogens is 260 g/mol. The van der Waals surface area contributed by atoms with Gasteiger partial charge in [-0.3, -0.25) is 0 Å². The standard InChI is InChI=1S/C18H30N2O/c1-14-5-6-17(11-15(14)2)18(19-3)13-20(4)12-16-7-9-21-10-8-16/h5-6,11,16,18-19H,7-10,12-13H2,1-4H3. The van der Waals surface area contributed by atoms with Crippen LogP contribution in [-0.2, 0) is 4.74 Å². The second-order valence-corrected chi connectivity index (χ2v) is 6.46. The lowest BCUT2D eigenvalue weighted by Gasteiger charge is -2.30. The highest BCUT2D eigenvalue weighted by Gasteiger charge is 2.18. The molecule has 1 fully saturated rings. The molecule has 0 radical (unpaired) electrons. The number of nitrogens with zero attached hydrogens (tertiary/aromatic N) is 1. The highest BCUT2D eigenvalue weighted by Crippen LogP contribution is 2.20. The van der Waals surface area contributed by atoms with E-state index in [1.54, 1.807) is 0 Å². The van der Waals surface area contributed by atoms with E-state index in [4.69, 9.17) is 4.74 Å². The highest BCUT2D eigenvalue weighted by atomic mass is 16.5. The van der Waals surface area contributed by atoms with Crippen molar-refractivity contribution in [1.82, 2.24) is 10.2 Å². The van der Waals surface area contributed by atoms with Crippen LogP contribution in [-0.4, -0.2) is 45.3 Å². The van der Waals surface area contributed by atoms with Crippen LogP contribution in [0.4, 0.5) is 0 Å². The van der Waals surface area contributed by atoms with Gasteiger partial charge in [0.2, 0.25) is 0 Å². The summed E-state index contributed by atoms with van der Waals surface area (Å²) in [7, 11) is 4.29. The van der Waals surface area contributed by atoms with Gasteiger partial charge in [-0.2, -0.15) is 0 Å². The van der Waals surface area contributed by atoms with Crippen LogP contribution in [0.25, 0.3) is 0 Å². The molecule has 1 aliphatic rings. The van der Waals surface area contributed by atoms with Crippen molar-refractivity contribution in [2.45, 2.75) is 32.7 Å². The van der Waals surface area contributed by atoms with Gasteiger partial charge in [0.05, 0.1) is 0 Å². The van der Waals surface area contributed by atoms with Gasteiger partial charge >= 0.3 is 0 Å². The van der Waals surface area contributed by atoms with E-state index in [9.17, 15) is 0 Å². The zero-order valence-electron chi connectivity index (χ0n) is 14.0. The third kappa shape index (κ3) is 4.80. The smallest absolute Gasteiger partial charge is 0.0469 e. The van der Waals surface area contributed by atoms with Gasteiger partial charge in [0.25, 0.3) is 0 Å². The molecule has 1 aromatic rings. The fourth-order valence-electron chi connectivity index (χ4n) is 3.10. The van der Waals surface area contributed by atoms with Crippen LogP contribution in [0.5, 0.6) is 0 Å². The molecule has 0 amide bonds. The summed E-state index contributed by atoms with van der Waals surface area (Å²) in [5, 5.41) is 3.47. The fourth-order valence-corrected chi connectivity index (χ4v) is 3.10. The summed E-state index contributed by atoms with van der Waals surface area (Å²) in [6.07, 6.45) is 2.41. The van der Waals surface area contributed by atoms with Crippen molar-refractivity contribution in [1.29, 1.82) is 0 Å². The second-order valence-electron chi connectivity index (χ2n) is 6.46. The summed E-state index contributed by atoms with van der Waals surface area (Å²) in [5.41, 5.74) is 4.13. The molecule has 1 atom stereocenters. The summed E-state index contributed by atoms with van der Waals surface area (Å²) in [5.74, 6) is 0.793. The Morgan fingerprint density at radius 2 is 1.95 bits per heavy atom. The average molecular weight is 290 g/mol. The van der Waals surface area contributed by atoms with Crippen LogP contribution in [0.3, 0.4) is 0 Å². The van der Waals surface area contributed by atoms with Gasteiger partial charge < -0.3 is 15.0 Å². The quantitative estimate of drug-likeness (QED) is 0.872. The van der Waals surface area contributed by atoms with Crippen LogP contribution in [0.2, 0.25) is 0 Å². The molecular formula is C18H30N2O. The first-order chi connectivity index (χ1) is 10.1. The van der Waals surface area contributed by atoms with E-state index in [2.05, 4.69) is 56.4 Å². The van der Waals surface area contributed by atoms with Crippen molar-refractivity contribution in [3.63, 3.8) is 0 Å². The van der Waals surface area contributed by atoms with Gasteiger partial charge in [-0.05, 0) is 63.4 Å². The first-order valence-electron chi connectivity index (χ1n) is 8.11. The molecule has 2 rings (SSSR count). The lowest BCUT2D eigenvalue weighted by Crippen LogP contribution is -2.35. The number of benzene rings is 1. The molecule has 1 N–H and O–H groups in total. The fraction of sp³-hybridized carbons (Fsp3) is 0.667. The van der Waals surface area contributed by atoms with Crippen LogP contribution in [0.1, 0.15) is 35.6 Å². The Morgan fingerprint density at radius 3 is 2.57 bits per heavy atom. The molecule has 3 heteroatoms. The number of hydrogen-bond donors (Lipinski definition) is 1. The number of ether oxygens (including phenoxy) is 1. The molecule has 0 bridgehead atoms. The Morgan fingerprint density at radius 1 is 1.24 bits per heavy atom. The second kappa shape index (κ2) is 7.92. The predicted molar refractivity (Wildman–Crippen MR) is 88.8 cm³/mol. The van der Waals surface area contributed by atoms with E-state index in [-0.39, 0.29) is 0 Å². The van der Waals surface area contributed by atoms with Gasteiger partial charge in [-0.1, -0.05) is 18.2 Å². The first-order valence-corrected chi connectivity index (χ1v) is 8.11. The number of likely N-dealkylation sites (N-methyl/N-ethyl adjacent to an activating group) is 2. The monoisotopic (exact) mass is 290 g/mol. The molecule has 0 aromatic heterocycles. The summed E-state index contributed by atoms with van der Waals surface area (Å²) >= 11 is 0. The van der Waals surface area contributed by atoms with Crippen molar-refractivity contribution < 1.29 is 4.74 Å². The van der Waals surface area contributed by atoms with E-state index in [0.717, 1.165) is 25.7 Å². The van der Waals surface area contributed by atoms with E-state index in [1.807, 2.05) is 0 Å². The molecule has 118 valence electrons. The molecule has 0 saturated carbocycles. The highest BCUT2D eigenvalue weighted by molar-refractivity contribution is 5.31. The number of hydrogen-bond acceptors (Lipinski definition) is 3. The molecule has 1 aliphatic heterocycles. The summed E-state index contributed by atoms with van der Waals surface area (Å²) < 4.78 is 5.45. The summed E-state index contributed by atoms with van der Waals surface area (Å²) in [6, 6.07) is 7.20. The molecule has 0 aliphatic carbocycles. The maximum Gasteiger partial charge on any atom is 0.0469 e. The van der Waals surface area contributed by atoms with Crippen molar-refractivity contribution in [3.8, 4) is 0 Å². The minimum atomic E-state index is 0.397. The number of aryl methyl sites for hydroxylation is 2. The Labute approximate surface area is 129 Å². The van der Waals surface area contributed by atoms with Gasteiger partial charge in [-0.15, -0.1) is 0 Å². The van der Waals surface area contributed by atoms with Gasteiger partial charge in [0, 0.05) is 32.3 Å². The lowest BCUT2D eigenvalue weighted by atomic mass is 9.98. The van der Waals surface area contributed by atoms with E-state index >= 15 is 0 Å². The van der Waals surface area contributed by atoms with Gasteiger partial charge in [0.15, 0.2) is 0 Å². The zero-order chi connectivity index (χ0) is 15.2. The van der Waals surface area contributed by atoms with Crippen molar-refractivity contribution in [2.75, 3.05) is 40.4 Å². The number of rotatable bonds is 6. The van der Waals surface area contributed by atoms with Crippen LogP contribution in [0.15, 0.2) is 18.2 Å². The first kappa shape index (κ1) is 16.5. The molecule has 1 unspecified atom stereocenters. The zero-order valence-corrected chi connectivity index (χ0v) is 14.0. The Kier molecular flexibility index (Phi) is 6.22. The van der Waals surface area contributed by atoms with E-state index in [1.165, 1.54) is 36.1 Å². The van der Waals surface area contributed by atoms with E-state index in [0.29, 0.717) is 6.04 Å². The number of nitrogens with one attached hydrogen (secondary N) is 1. The molecule has 1 saturated heterocycles. The van der Waals surface area contributed by atoms with Gasteiger partial charge in [0.1, 0.15) is 0 Å². The Hall–Kier alpha value is -0.900. The largest absolute Gasteiger partial charge is 0.381 e. The van der Waals surface area contributed by atoms with Crippen LogP contribution >= 0.6 is 0 Å². The predicted octanol–water partition coefficient (Wildman–Crippen LogP) is 2.92. The third-order valence-corrected chi connectivity index (χ3v) is 4.69. The molecule has 1 aromatic carbocycles. The van der Waals surface area contributed by atoms with Crippen molar-refractivity contribution in [2.24, 2.45) is 5.92 Å². The lowest BCUT2D eigenvalue weighted by molar-refractivity contribution is 0.0548. The van der Waals surface area contributed by atoms with E-state index < -0.39 is 0 Å². The average Bonchev–Trinajstić information content (AvgIpc) is 2.49. The molecule has 0 spiro atoms. The summed E-state index contributed by atoms with van der Waals surface area (Å²) in [6.45, 7) is 8.46. The normalized spacial score (nSPS) is 18.1. The van der Waals surface area contributed by atoms with Gasteiger partial charge in [-0.25, -0.2) is 0 Å². The third-order valence-electron chi connectivity index (χ3n) is 4.69. The minimum absolute atomic E-state index is 0.397. The Balaban J connectivity index is 1.92. The minimum Gasteiger partial charge on any atom is -0.381 e. The SMILES string of the molecule is CNC(CN(C)CC1CCOCC1)c1ccc(C)c(C)c1. The maximum absolute atomic E-state index is 5.45. The van der Waals surface area contributed by atoms with Crippen molar-refractivity contribution >= 4 is 0 Å². The summed E-state index contributed by atoms with van der Waals surface area (Å²) in [4.78, 5) is 2.46. The van der Waals surface area contributed by atoms with Crippen LogP contribution in [0, 0.1) is 19.8 Å². The van der Waals surface area contributed by atoms with Crippen molar-refractivity contribution in [3.05, 3.63) is 34.9 Å². The molecule has 21 heavy (non-hydrogen) atoms. The Bertz CT molecular complexity index is 441. The topological polar surface area (TPSA) is 24.5 Å². The maximum atomic E-state index is 5.45. The molecule has 1 heterocycles.